The number of nitrogens with zero attached hydrogens (tertiary/aromatic N) is 2. The van der Waals surface area contributed by atoms with Gasteiger partial charge in [0.15, 0.2) is 0 Å². The molecule has 2 unspecified atom stereocenters. The third-order valence-corrected chi connectivity index (χ3v) is 7.18. The van der Waals surface area contributed by atoms with E-state index in [0.717, 1.165) is 44.8 Å². The molecule has 1 aromatic rings. The fraction of sp³-hybridized carbons (Fsp3) is 0.593. The van der Waals surface area contributed by atoms with Gasteiger partial charge < -0.3 is 0 Å². The van der Waals surface area contributed by atoms with Gasteiger partial charge in [-0.25, -0.2) is 4.39 Å². The summed E-state index contributed by atoms with van der Waals surface area (Å²) in [6.07, 6.45) is 11.1. The van der Waals surface area contributed by atoms with Gasteiger partial charge in [0.2, 0.25) is 0 Å². The summed E-state index contributed by atoms with van der Waals surface area (Å²) in [6, 6.07) is 7.28. The highest BCUT2D eigenvalue weighted by molar-refractivity contribution is 5.82. The van der Waals surface area contributed by atoms with Crippen molar-refractivity contribution in [3.63, 3.8) is 0 Å². The average molecular weight is 409 g/mol. The number of halogens is 1. The monoisotopic (exact) mass is 408 g/mol. The third-order valence-electron chi connectivity index (χ3n) is 7.18. The Labute approximate surface area is 182 Å². The van der Waals surface area contributed by atoms with Crippen LogP contribution in [0.1, 0.15) is 64.4 Å². The first kappa shape index (κ1) is 21.5. The molecule has 3 aliphatic rings. The van der Waals surface area contributed by atoms with E-state index in [9.17, 15) is 4.39 Å². The van der Waals surface area contributed by atoms with Gasteiger partial charge in [-0.2, -0.15) is 0 Å². The van der Waals surface area contributed by atoms with Crippen LogP contribution in [0.15, 0.2) is 52.6 Å². The fourth-order valence-corrected chi connectivity index (χ4v) is 5.79. The summed E-state index contributed by atoms with van der Waals surface area (Å²) in [5.74, 6) is 1.64. The van der Waals surface area contributed by atoms with E-state index in [-0.39, 0.29) is 5.82 Å². The van der Waals surface area contributed by atoms with Gasteiger partial charge in [-0.05, 0) is 73.1 Å². The third kappa shape index (κ3) is 4.77. The molecule has 0 N–H and O–H groups in total. The normalized spacial score (nSPS) is 26.8. The molecule has 1 saturated carbocycles. The SMILES string of the molecule is CCCC1=CC(CN2CC(C)(CC(C)=NC)C2)=CC(C2CC2)C1c1ccc(F)cc1. The van der Waals surface area contributed by atoms with E-state index in [1.807, 2.05) is 19.2 Å². The first-order chi connectivity index (χ1) is 14.4. The maximum atomic E-state index is 13.5. The summed E-state index contributed by atoms with van der Waals surface area (Å²) in [5.41, 5.74) is 5.97. The fourth-order valence-electron chi connectivity index (χ4n) is 5.79. The molecule has 1 heterocycles. The molecule has 0 bridgehead atoms. The molecule has 1 aromatic carbocycles. The zero-order valence-corrected chi connectivity index (χ0v) is 19.1. The maximum Gasteiger partial charge on any atom is 0.123 e. The molecule has 0 spiro atoms. The lowest BCUT2D eigenvalue weighted by Gasteiger charge is -2.49. The van der Waals surface area contributed by atoms with Crippen molar-refractivity contribution in [2.75, 3.05) is 26.7 Å². The van der Waals surface area contributed by atoms with E-state index < -0.39 is 0 Å². The summed E-state index contributed by atoms with van der Waals surface area (Å²) in [4.78, 5) is 6.95. The van der Waals surface area contributed by atoms with Gasteiger partial charge >= 0.3 is 0 Å². The van der Waals surface area contributed by atoms with Crippen molar-refractivity contribution in [1.82, 2.24) is 4.90 Å². The Bertz CT molecular complexity index is 838. The summed E-state index contributed by atoms with van der Waals surface area (Å²) >= 11 is 0. The summed E-state index contributed by atoms with van der Waals surface area (Å²) in [6.45, 7) is 10.2. The van der Waals surface area contributed by atoms with Crippen LogP contribution in [0.4, 0.5) is 4.39 Å². The van der Waals surface area contributed by atoms with Crippen LogP contribution < -0.4 is 0 Å². The first-order valence-electron chi connectivity index (χ1n) is 11.7. The van der Waals surface area contributed by atoms with E-state index in [1.54, 1.807) is 17.7 Å². The van der Waals surface area contributed by atoms with Crippen molar-refractivity contribution in [2.24, 2.45) is 22.2 Å². The quantitative estimate of drug-likeness (QED) is 0.454. The zero-order chi connectivity index (χ0) is 21.3. The van der Waals surface area contributed by atoms with Gasteiger partial charge in [0.1, 0.15) is 5.82 Å². The molecule has 0 aromatic heterocycles. The van der Waals surface area contributed by atoms with Gasteiger partial charge in [0.25, 0.3) is 0 Å². The second-order valence-corrected chi connectivity index (χ2v) is 10.2. The van der Waals surface area contributed by atoms with Crippen molar-refractivity contribution in [1.29, 1.82) is 0 Å². The molecule has 4 rings (SSSR count). The Morgan fingerprint density at radius 1 is 1.20 bits per heavy atom. The average Bonchev–Trinajstić information content (AvgIpc) is 3.53. The molecule has 1 saturated heterocycles. The molecule has 0 radical (unpaired) electrons. The van der Waals surface area contributed by atoms with Crippen LogP contribution in [0, 0.1) is 23.1 Å². The number of allylic oxidation sites excluding steroid dienone is 2. The van der Waals surface area contributed by atoms with Crippen LogP contribution in [0.2, 0.25) is 0 Å². The minimum Gasteiger partial charge on any atom is -0.298 e. The Kier molecular flexibility index (Phi) is 6.29. The topological polar surface area (TPSA) is 15.6 Å². The van der Waals surface area contributed by atoms with E-state index in [2.05, 4.69) is 42.8 Å². The Morgan fingerprint density at radius 2 is 1.90 bits per heavy atom. The Balaban J connectivity index is 1.51. The largest absolute Gasteiger partial charge is 0.298 e. The number of hydrogen-bond acceptors (Lipinski definition) is 2. The number of rotatable bonds is 8. The number of benzene rings is 1. The van der Waals surface area contributed by atoms with Gasteiger partial charge in [0, 0.05) is 38.3 Å². The molecule has 1 aliphatic heterocycles. The van der Waals surface area contributed by atoms with Crippen molar-refractivity contribution in [3.8, 4) is 0 Å². The number of aliphatic imine (C=N–C) groups is 1. The first-order valence-corrected chi connectivity index (χ1v) is 11.7. The van der Waals surface area contributed by atoms with E-state index in [0.29, 0.717) is 17.3 Å². The van der Waals surface area contributed by atoms with E-state index >= 15 is 0 Å². The summed E-state index contributed by atoms with van der Waals surface area (Å²) in [7, 11) is 1.90. The van der Waals surface area contributed by atoms with Crippen LogP contribution in [-0.2, 0) is 0 Å². The summed E-state index contributed by atoms with van der Waals surface area (Å²) < 4.78 is 13.5. The molecule has 2 fully saturated rings. The molecule has 2 nitrogen and oxygen atoms in total. The maximum absolute atomic E-state index is 13.5. The molecule has 30 heavy (non-hydrogen) atoms. The molecule has 0 amide bonds. The molecular formula is C27H37FN2. The van der Waals surface area contributed by atoms with Crippen LogP contribution in [0.25, 0.3) is 0 Å². The number of likely N-dealkylation sites (tertiary alicyclic amines) is 1. The molecule has 162 valence electrons. The lowest BCUT2D eigenvalue weighted by atomic mass is 9.72. The standard InChI is InChI=1S/C27H37FN2/c1-5-6-23-13-20(16-30-17-27(3,18-30)15-19(2)29-4)14-25(21-7-8-21)26(23)22-9-11-24(28)12-10-22/h9-14,21,25-26H,5-8,15-18H2,1-4H3. The zero-order valence-electron chi connectivity index (χ0n) is 19.1. The van der Waals surface area contributed by atoms with Gasteiger partial charge in [0.05, 0.1) is 0 Å². The van der Waals surface area contributed by atoms with Crippen LogP contribution in [-0.4, -0.2) is 37.3 Å². The lowest BCUT2D eigenvalue weighted by molar-refractivity contribution is 0.0303. The Hall–Kier alpha value is -1.74. The van der Waals surface area contributed by atoms with E-state index in [1.165, 1.54) is 29.7 Å². The highest BCUT2D eigenvalue weighted by atomic mass is 19.1. The predicted molar refractivity (Wildman–Crippen MR) is 125 cm³/mol. The van der Waals surface area contributed by atoms with E-state index in [4.69, 9.17) is 0 Å². The smallest absolute Gasteiger partial charge is 0.123 e. The second kappa shape index (κ2) is 8.78. The van der Waals surface area contributed by atoms with Crippen molar-refractivity contribution >= 4 is 5.71 Å². The predicted octanol–water partition coefficient (Wildman–Crippen LogP) is 6.40. The Morgan fingerprint density at radius 3 is 2.50 bits per heavy atom. The highest BCUT2D eigenvalue weighted by Gasteiger charge is 2.41. The van der Waals surface area contributed by atoms with Gasteiger partial charge in [-0.1, -0.05) is 50.1 Å². The molecular weight excluding hydrogens is 371 g/mol. The molecule has 3 heteroatoms. The van der Waals surface area contributed by atoms with Crippen molar-refractivity contribution in [3.05, 3.63) is 58.9 Å². The minimum absolute atomic E-state index is 0.140. The summed E-state index contributed by atoms with van der Waals surface area (Å²) in [5, 5.41) is 0. The second-order valence-electron chi connectivity index (χ2n) is 10.2. The van der Waals surface area contributed by atoms with Crippen LogP contribution in [0.5, 0.6) is 0 Å². The van der Waals surface area contributed by atoms with Crippen LogP contribution in [0.3, 0.4) is 0 Å². The van der Waals surface area contributed by atoms with Crippen LogP contribution >= 0.6 is 0 Å². The lowest BCUT2D eigenvalue weighted by Crippen LogP contribution is -2.55. The van der Waals surface area contributed by atoms with Crippen molar-refractivity contribution < 1.29 is 4.39 Å². The van der Waals surface area contributed by atoms with Crippen molar-refractivity contribution in [2.45, 2.75) is 58.8 Å². The number of hydrogen-bond donors (Lipinski definition) is 0. The highest BCUT2D eigenvalue weighted by Crippen LogP contribution is 2.51. The van der Waals surface area contributed by atoms with Gasteiger partial charge in [-0.15, -0.1) is 0 Å². The van der Waals surface area contributed by atoms with Gasteiger partial charge in [-0.3, -0.25) is 9.89 Å². The minimum atomic E-state index is -0.140. The molecule has 2 aliphatic carbocycles. The molecule has 2 atom stereocenters.